The van der Waals surface area contributed by atoms with Crippen molar-refractivity contribution in [1.82, 2.24) is 20.6 Å². The van der Waals surface area contributed by atoms with Gasteiger partial charge in [-0.3, -0.25) is 25.0 Å². The molecule has 2 rings (SSSR count). The van der Waals surface area contributed by atoms with E-state index in [1.54, 1.807) is 25.1 Å². The summed E-state index contributed by atoms with van der Waals surface area (Å²) in [4.78, 5) is 34.3. The van der Waals surface area contributed by atoms with E-state index < -0.39 is 16.9 Å². The van der Waals surface area contributed by atoms with Crippen LogP contribution in [-0.2, 0) is 11.3 Å². The molecular weight excluding hydrogens is 384 g/mol. The molecule has 0 radical (unpaired) electrons. The van der Waals surface area contributed by atoms with E-state index >= 15 is 0 Å². The molecule has 0 unspecified atom stereocenters. The van der Waals surface area contributed by atoms with Gasteiger partial charge in [-0.05, 0) is 26.0 Å². The zero-order valence-electron chi connectivity index (χ0n) is 16.4. The number of amides is 3. The Labute approximate surface area is 166 Å². The molecule has 12 nitrogen and oxygen atoms in total. The number of benzene rings is 1. The lowest BCUT2D eigenvalue weighted by Crippen LogP contribution is -2.44. The number of ether oxygens (including phenoxy) is 2. The standard InChI is InChI=1S/C17H22N6O6/c1-10-16(23(26)27)11(2)22(21-10)8-7-15(24)19-20-17(25)18-12-5-6-13(28-3)14(9-12)29-4/h5-6,9H,7-8H2,1-4H3,(H,19,24)(H2,18,20,25). The summed E-state index contributed by atoms with van der Waals surface area (Å²) in [6, 6.07) is 4.14. The second-order valence-corrected chi connectivity index (χ2v) is 5.95. The first kappa shape index (κ1) is 21.5. The quantitative estimate of drug-likeness (QED) is 0.467. The van der Waals surface area contributed by atoms with E-state index in [2.05, 4.69) is 21.3 Å². The van der Waals surface area contributed by atoms with Crippen molar-refractivity contribution < 1.29 is 24.0 Å². The van der Waals surface area contributed by atoms with Crippen LogP contribution in [-0.4, -0.2) is 40.9 Å². The summed E-state index contributed by atoms with van der Waals surface area (Å²) < 4.78 is 11.6. The summed E-state index contributed by atoms with van der Waals surface area (Å²) in [6.07, 6.45) is -0.0320. The predicted molar refractivity (Wildman–Crippen MR) is 103 cm³/mol. The van der Waals surface area contributed by atoms with Gasteiger partial charge in [0.05, 0.1) is 25.7 Å². The molecule has 1 aromatic heterocycles. The van der Waals surface area contributed by atoms with Crippen molar-refractivity contribution in [2.24, 2.45) is 0 Å². The van der Waals surface area contributed by atoms with Crippen molar-refractivity contribution >= 4 is 23.3 Å². The van der Waals surface area contributed by atoms with Crippen LogP contribution in [0.25, 0.3) is 0 Å². The fourth-order valence-corrected chi connectivity index (χ4v) is 2.64. The molecule has 12 heteroatoms. The van der Waals surface area contributed by atoms with Crippen molar-refractivity contribution in [3.63, 3.8) is 0 Å². The molecule has 0 spiro atoms. The highest BCUT2D eigenvalue weighted by Crippen LogP contribution is 2.29. The molecule has 0 aliphatic carbocycles. The molecule has 156 valence electrons. The van der Waals surface area contributed by atoms with Gasteiger partial charge in [-0.25, -0.2) is 10.2 Å². The Kier molecular flexibility index (Phi) is 6.95. The van der Waals surface area contributed by atoms with Gasteiger partial charge in [0.2, 0.25) is 5.91 Å². The van der Waals surface area contributed by atoms with Gasteiger partial charge >= 0.3 is 11.7 Å². The summed E-state index contributed by atoms with van der Waals surface area (Å²) in [5.74, 6) is 0.465. The lowest BCUT2D eigenvalue weighted by Gasteiger charge is -2.12. The number of methoxy groups -OCH3 is 2. The van der Waals surface area contributed by atoms with E-state index in [-0.39, 0.29) is 24.3 Å². The van der Waals surface area contributed by atoms with Gasteiger partial charge in [0.1, 0.15) is 11.4 Å². The lowest BCUT2D eigenvalue weighted by atomic mass is 10.3. The summed E-state index contributed by atoms with van der Waals surface area (Å²) >= 11 is 0. The third-order valence-corrected chi connectivity index (χ3v) is 4.03. The maximum Gasteiger partial charge on any atom is 0.337 e. The molecule has 0 saturated carbocycles. The number of nitrogens with one attached hydrogen (secondary N) is 3. The summed E-state index contributed by atoms with van der Waals surface area (Å²) in [6.45, 7) is 3.22. The smallest absolute Gasteiger partial charge is 0.337 e. The lowest BCUT2D eigenvalue weighted by molar-refractivity contribution is -0.386. The fourth-order valence-electron chi connectivity index (χ4n) is 2.64. The van der Waals surface area contributed by atoms with Crippen molar-refractivity contribution in [3.8, 4) is 11.5 Å². The summed E-state index contributed by atoms with van der Waals surface area (Å²) in [5.41, 5.74) is 5.48. The van der Waals surface area contributed by atoms with Crippen LogP contribution in [0.3, 0.4) is 0 Å². The number of carbonyl (C=O) groups is 2. The first-order valence-corrected chi connectivity index (χ1v) is 8.53. The van der Waals surface area contributed by atoms with Crippen molar-refractivity contribution in [1.29, 1.82) is 0 Å². The molecule has 29 heavy (non-hydrogen) atoms. The van der Waals surface area contributed by atoms with E-state index in [4.69, 9.17) is 9.47 Å². The molecule has 0 atom stereocenters. The number of urea groups is 1. The van der Waals surface area contributed by atoms with Crippen LogP contribution in [0.1, 0.15) is 17.8 Å². The van der Waals surface area contributed by atoms with Crippen molar-refractivity contribution in [3.05, 3.63) is 39.7 Å². The number of aryl methyl sites for hydroxylation is 2. The van der Waals surface area contributed by atoms with Crippen LogP contribution < -0.4 is 25.6 Å². The number of hydrogen-bond acceptors (Lipinski definition) is 7. The highest BCUT2D eigenvalue weighted by Gasteiger charge is 2.21. The Bertz CT molecular complexity index is 925. The minimum Gasteiger partial charge on any atom is -0.493 e. The Balaban J connectivity index is 1.84. The third-order valence-electron chi connectivity index (χ3n) is 4.03. The summed E-state index contributed by atoms with van der Waals surface area (Å²) in [5, 5.41) is 17.6. The molecule has 3 N–H and O–H groups in total. The van der Waals surface area contributed by atoms with Crippen LogP contribution in [0.2, 0.25) is 0 Å². The maximum atomic E-state index is 11.9. The number of rotatable bonds is 7. The van der Waals surface area contributed by atoms with Gasteiger partial charge in [0.25, 0.3) is 0 Å². The molecule has 0 aliphatic rings. The molecule has 1 heterocycles. The van der Waals surface area contributed by atoms with Crippen LogP contribution in [0.15, 0.2) is 18.2 Å². The van der Waals surface area contributed by atoms with Gasteiger partial charge < -0.3 is 14.8 Å². The number of nitrogens with zero attached hydrogens (tertiary/aromatic N) is 3. The Morgan fingerprint density at radius 2 is 1.86 bits per heavy atom. The van der Waals surface area contributed by atoms with Crippen LogP contribution >= 0.6 is 0 Å². The third kappa shape index (κ3) is 5.34. The number of nitro groups is 1. The van der Waals surface area contributed by atoms with Crippen LogP contribution in [0.4, 0.5) is 16.2 Å². The van der Waals surface area contributed by atoms with Crippen molar-refractivity contribution in [2.45, 2.75) is 26.8 Å². The Morgan fingerprint density at radius 3 is 2.45 bits per heavy atom. The number of carbonyl (C=O) groups excluding carboxylic acids is 2. The molecular formula is C17H22N6O6. The van der Waals surface area contributed by atoms with Crippen LogP contribution in [0, 0.1) is 24.0 Å². The van der Waals surface area contributed by atoms with E-state index in [9.17, 15) is 19.7 Å². The van der Waals surface area contributed by atoms with Gasteiger partial charge in [0.15, 0.2) is 11.5 Å². The SMILES string of the molecule is COc1ccc(NC(=O)NNC(=O)CCn2nc(C)c([N+](=O)[O-])c2C)cc1OC. The minimum absolute atomic E-state index is 0.0320. The first-order chi connectivity index (χ1) is 13.8. The predicted octanol–water partition coefficient (Wildman–Crippen LogP) is 1.67. The molecule has 0 fully saturated rings. The number of anilines is 1. The molecule has 1 aromatic carbocycles. The van der Waals surface area contributed by atoms with E-state index in [1.807, 2.05) is 0 Å². The molecule has 0 bridgehead atoms. The Hall–Kier alpha value is -3.83. The second-order valence-electron chi connectivity index (χ2n) is 5.95. The highest BCUT2D eigenvalue weighted by molar-refractivity contribution is 5.91. The van der Waals surface area contributed by atoms with Gasteiger partial charge in [-0.15, -0.1) is 0 Å². The van der Waals surface area contributed by atoms with E-state index in [0.29, 0.717) is 22.9 Å². The van der Waals surface area contributed by atoms with E-state index in [1.165, 1.54) is 25.8 Å². The average molecular weight is 406 g/mol. The molecule has 0 aliphatic heterocycles. The fraction of sp³-hybridized carbons (Fsp3) is 0.353. The van der Waals surface area contributed by atoms with Gasteiger partial charge in [0, 0.05) is 18.2 Å². The number of hydrogen-bond donors (Lipinski definition) is 3. The second kappa shape index (κ2) is 9.39. The number of hydrazine groups is 1. The Morgan fingerprint density at radius 1 is 1.17 bits per heavy atom. The van der Waals surface area contributed by atoms with E-state index in [0.717, 1.165) is 0 Å². The minimum atomic E-state index is -0.660. The molecule has 0 saturated heterocycles. The highest BCUT2D eigenvalue weighted by atomic mass is 16.6. The maximum absolute atomic E-state index is 11.9. The molecule has 3 amide bonds. The largest absolute Gasteiger partial charge is 0.493 e. The normalized spacial score (nSPS) is 10.2. The summed E-state index contributed by atoms with van der Waals surface area (Å²) in [7, 11) is 2.97. The van der Waals surface area contributed by atoms with Gasteiger partial charge in [-0.1, -0.05) is 0 Å². The topological polar surface area (TPSA) is 150 Å². The monoisotopic (exact) mass is 406 g/mol. The zero-order valence-corrected chi connectivity index (χ0v) is 16.4. The average Bonchev–Trinajstić information content (AvgIpc) is 2.97. The zero-order chi connectivity index (χ0) is 21.6. The molecule has 2 aromatic rings. The van der Waals surface area contributed by atoms with Crippen molar-refractivity contribution in [2.75, 3.05) is 19.5 Å². The van der Waals surface area contributed by atoms with Gasteiger partial charge in [-0.2, -0.15) is 5.10 Å². The number of aromatic nitrogens is 2. The van der Waals surface area contributed by atoms with Crippen LogP contribution in [0.5, 0.6) is 11.5 Å². The first-order valence-electron chi connectivity index (χ1n) is 8.53.